The maximum atomic E-state index is 10.5. The summed E-state index contributed by atoms with van der Waals surface area (Å²) in [4.78, 5) is 9.80. The number of hydrogen-bond donors (Lipinski definition) is 0. The van der Waals surface area contributed by atoms with E-state index in [0.29, 0.717) is 5.56 Å². The van der Waals surface area contributed by atoms with Crippen LogP contribution in [0.3, 0.4) is 0 Å². The quantitative estimate of drug-likeness (QED) is 0.354. The van der Waals surface area contributed by atoms with Crippen LogP contribution in [0.5, 0.6) is 0 Å². The number of nitro groups is 1. The molecule has 6 nitrogen and oxygen atoms in total. The zero-order chi connectivity index (χ0) is 11.5. The van der Waals surface area contributed by atoms with Gasteiger partial charge in [-0.25, -0.2) is 4.21 Å². The Kier molecular flexibility index (Phi) is 6.56. The molecule has 9 heteroatoms. The van der Waals surface area contributed by atoms with Gasteiger partial charge in [-0.2, -0.15) is 0 Å². The van der Waals surface area contributed by atoms with Crippen molar-refractivity contribution in [2.75, 3.05) is 0 Å². The second-order valence-electron chi connectivity index (χ2n) is 2.60. The zero-order valence-corrected chi connectivity index (χ0v) is 12.0. The van der Waals surface area contributed by atoms with Crippen molar-refractivity contribution in [2.45, 2.75) is 6.61 Å². The molecule has 0 heterocycles. The van der Waals surface area contributed by atoms with Gasteiger partial charge in [-0.3, -0.25) is 14.3 Å². The van der Waals surface area contributed by atoms with Crippen LogP contribution in [0.15, 0.2) is 24.3 Å². The van der Waals surface area contributed by atoms with Gasteiger partial charge in [0, 0.05) is 12.1 Å². The maximum Gasteiger partial charge on any atom is 1.00 e. The third-order valence-corrected chi connectivity index (χ3v) is 2.19. The summed E-state index contributed by atoms with van der Waals surface area (Å²) >= 11 is 3.98. The van der Waals surface area contributed by atoms with Crippen molar-refractivity contribution in [1.82, 2.24) is 0 Å². The Morgan fingerprint density at radius 2 is 2.12 bits per heavy atom. The first kappa shape index (κ1) is 15.9. The van der Waals surface area contributed by atoms with Crippen LogP contribution >= 0.6 is 0 Å². The van der Waals surface area contributed by atoms with E-state index in [4.69, 9.17) is 0 Å². The summed E-state index contributed by atoms with van der Waals surface area (Å²) in [5.41, 5.74) is 0.246. The molecule has 82 valence electrons. The Bertz CT molecular complexity index is 475. The fourth-order valence-corrected chi connectivity index (χ4v) is 1.32. The van der Waals surface area contributed by atoms with Gasteiger partial charge in [0.05, 0.1) is 20.6 Å². The minimum Gasteiger partial charge on any atom is -0.748 e. The summed E-state index contributed by atoms with van der Waals surface area (Å²) in [5, 5.41) is 10.4. The molecule has 0 aliphatic heterocycles. The van der Waals surface area contributed by atoms with Crippen LogP contribution in [0.2, 0.25) is 0 Å². The van der Waals surface area contributed by atoms with E-state index in [1.807, 2.05) is 0 Å². The number of benzene rings is 1. The molecule has 0 spiro atoms. The van der Waals surface area contributed by atoms with E-state index in [9.17, 15) is 18.9 Å². The van der Waals surface area contributed by atoms with Crippen molar-refractivity contribution in [1.29, 1.82) is 0 Å². The van der Waals surface area contributed by atoms with E-state index < -0.39 is 14.0 Å². The molecule has 0 radical (unpaired) electrons. The van der Waals surface area contributed by atoms with Crippen LogP contribution in [-0.4, -0.2) is 13.7 Å². The Morgan fingerprint density at radius 1 is 1.50 bits per heavy atom. The molecule has 0 amide bonds. The first-order chi connectivity index (χ1) is 6.88. The monoisotopic (exact) mass is 271 g/mol. The number of rotatable bonds is 4. The van der Waals surface area contributed by atoms with E-state index in [1.54, 1.807) is 0 Å². The number of nitrogens with zero attached hydrogens (tertiary/aromatic N) is 1. The van der Waals surface area contributed by atoms with Crippen molar-refractivity contribution in [2.24, 2.45) is 0 Å². The van der Waals surface area contributed by atoms with Gasteiger partial charge in [0.1, 0.15) is 0 Å². The SMILES string of the molecule is O=[N+]([O-])c1cccc(COS(=O)([O-])=S)c1.[Na+]. The molecule has 0 aliphatic carbocycles. The van der Waals surface area contributed by atoms with E-state index in [-0.39, 0.29) is 41.9 Å². The summed E-state index contributed by atoms with van der Waals surface area (Å²) in [5.74, 6) is 0. The van der Waals surface area contributed by atoms with Crippen molar-refractivity contribution in [3.63, 3.8) is 0 Å². The average Bonchev–Trinajstić information content (AvgIpc) is 2.14. The van der Waals surface area contributed by atoms with E-state index in [2.05, 4.69) is 15.4 Å². The first-order valence-corrected chi connectivity index (χ1v) is 6.05. The number of nitro benzene ring substituents is 1. The molecule has 1 rings (SSSR count). The van der Waals surface area contributed by atoms with Crippen LogP contribution in [0.4, 0.5) is 5.69 Å². The van der Waals surface area contributed by atoms with E-state index in [0.717, 1.165) is 0 Å². The summed E-state index contributed by atoms with van der Waals surface area (Å²) in [6.07, 6.45) is 0. The molecular formula is C7H6NNaO5S2. The molecule has 0 aliphatic rings. The van der Waals surface area contributed by atoms with Gasteiger partial charge < -0.3 is 4.55 Å². The first-order valence-electron chi connectivity index (χ1n) is 3.72. The van der Waals surface area contributed by atoms with Crippen LogP contribution in [0, 0.1) is 10.1 Å². The predicted molar refractivity (Wildman–Crippen MR) is 54.2 cm³/mol. The fourth-order valence-electron chi connectivity index (χ4n) is 0.900. The summed E-state index contributed by atoms with van der Waals surface area (Å²) in [6.45, 7) is -0.298. The van der Waals surface area contributed by atoms with Gasteiger partial charge in [-0.05, 0) is 16.8 Å². The second-order valence-corrected chi connectivity index (χ2v) is 4.87. The van der Waals surface area contributed by atoms with Crippen molar-refractivity contribution in [3.8, 4) is 0 Å². The van der Waals surface area contributed by atoms with Gasteiger partial charge in [-0.1, -0.05) is 12.1 Å². The van der Waals surface area contributed by atoms with Crippen LogP contribution in [0.1, 0.15) is 5.56 Å². The largest absolute Gasteiger partial charge is 1.00 e. The normalized spacial score (nSPS) is 13.6. The topological polar surface area (TPSA) is 92.5 Å². The maximum absolute atomic E-state index is 10.5. The molecule has 0 saturated heterocycles. The molecule has 1 aromatic carbocycles. The van der Waals surface area contributed by atoms with Crippen LogP contribution in [0.25, 0.3) is 0 Å². The van der Waals surface area contributed by atoms with Gasteiger partial charge in [0.25, 0.3) is 5.69 Å². The summed E-state index contributed by atoms with van der Waals surface area (Å²) < 4.78 is 25.3. The molecule has 0 bridgehead atoms. The third-order valence-electron chi connectivity index (χ3n) is 1.49. The zero-order valence-electron chi connectivity index (χ0n) is 8.32. The van der Waals surface area contributed by atoms with Gasteiger partial charge in [0.2, 0.25) is 0 Å². The third kappa shape index (κ3) is 5.85. The van der Waals surface area contributed by atoms with Crippen LogP contribution in [-0.2, 0) is 31.0 Å². The molecule has 0 N–H and O–H groups in total. The molecule has 1 unspecified atom stereocenters. The summed E-state index contributed by atoms with van der Waals surface area (Å²) in [6, 6.07) is 5.46. The van der Waals surface area contributed by atoms with Gasteiger partial charge in [-0.15, -0.1) is 0 Å². The Hall–Kier alpha value is -0.0900. The predicted octanol–water partition coefficient (Wildman–Crippen LogP) is -2.09. The molecule has 1 atom stereocenters. The number of hydrogen-bond acceptors (Lipinski definition) is 6. The minimum atomic E-state index is -3.94. The van der Waals surface area contributed by atoms with Gasteiger partial charge in [0.15, 0.2) is 0 Å². The molecule has 0 aromatic heterocycles. The Labute approximate surface area is 119 Å². The Morgan fingerprint density at radius 3 is 2.62 bits per heavy atom. The molecule has 16 heavy (non-hydrogen) atoms. The van der Waals surface area contributed by atoms with Crippen molar-refractivity contribution < 1.29 is 47.4 Å². The fraction of sp³-hybridized carbons (Fsp3) is 0.143. The minimum absolute atomic E-state index is 0. The standard InChI is InChI=1S/C7H7NO5S2.Na/c9-8(10)7-3-1-2-6(4-7)5-13-15(11,12)14;/h1-4H,5H2,(H,11,12,14);/q;+1/p-1. The smallest absolute Gasteiger partial charge is 0.748 e. The average molecular weight is 271 g/mol. The molecule has 0 fully saturated rings. The molecular weight excluding hydrogens is 265 g/mol. The Balaban J connectivity index is 0.00000225. The second kappa shape index (κ2) is 6.60. The number of non-ortho nitro benzene ring substituents is 1. The van der Waals surface area contributed by atoms with Crippen LogP contribution < -0.4 is 29.6 Å². The van der Waals surface area contributed by atoms with E-state index in [1.165, 1.54) is 24.3 Å². The van der Waals surface area contributed by atoms with Crippen molar-refractivity contribution >= 4 is 25.9 Å². The molecule has 1 aromatic rings. The van der Waals surface area contributed by atoms with Gasteiger partial charge >= 0.3 is 29.6 Å². The van der Waals surface area contributed by atoms with Crippen molar-refractivity contribution in [3.05, 3.63) is 39.9 Å². The molecule has 0 saturated carbocycles. The summed E-state index contributed by atoms with van der Waals surface area (Å²) in [7, 11) is -3.94. The van der Waals surface area contributed by atoms with E-state index >= 15 is 0 Å².